The molecule has 0 saturated carbocycles. The van der Waals surface area contributed by atoms with Gasteiger partial charge in [-0.2, -0.15) is 31.6 Å². The SMILES string of the molecule is N#Cc1c(F)c(F)c(Br)c(F)c1F.N#Cc1ccc(-c2c(-n3c4ccccc4c4ccccc43)c(-n3c4ccccc4c4ccccc43)c(C#N)c(-n3c4ccccc4c4ccccc43)c2-n2c3ccccc3c3ccccc32)cc1.N#Cc1ccc(-c2c(F)c(F)c(C#N)c(F)c2F)cc1.N#Cc1ccc(B(O)O)cc1.c1ccc2c(c1)Cc1ccccc1-2. The largest absolute Gasteiger partial charge is 0.488 e. The number of para-hydroxylation sites is 8. The summed E-state index contributed by atoms with van der Waals surface area (Å²) in [4.78, 5) is 0. The zero-order chi connectivity index (χ0) is 87.0. The van der Waals surface area contributed by atoms with Crippen LogP contribution in [0, 0.1) is 115 Å². The highest BCUT2D eigenvalue weighted by Crippen LogP contribution is 2.52. The van der Waals surface area contributed by atoms with Gasteiger partial charge in [-0.25, -0.2) is 35.1 Å². The Hall–Kier alpha value is -16.4. The molecule has 1 aliphatic rings. The minimum absolute atomic E-state index is 0.138. The van der Waals surface area contributed by atoms with Crippen molar-refractivity contribution in [1.82, 2.24) is 18.3 Å². The number of benzene rings is 16. The molecule has 0 atom stereocenters. The summed E-state index contributed by atoms with van der Waals surface area (Å²) in [5.74, 6) is -13.4. The molecule has 20 aromatic rings. The Balaban J connectivity index is 0.000000154. The van der Waals surface area contributed by atoms with Crippen molar-refractivity contribution in [2.24, 2.45) is 0 Å². The molecule has 1 aliphatic carbocycles. The molecule has 0 radical (unpaired) electrons. The highest BCUT2D eigenvalue weighted by Gasteiger charge is 2.36. The van der Waals surface area contributed by atoms with E-state index < -0.39 is 74.8 Å². The van der Waals surface area contributed by atoms with Crippen LogP contribution in [-0.2, 0) is 6.42 Å². The summed E-state index contributed by atoms with van der Waals surface area (Å²) in [5, 5.41) is 82.6. The van der Waals surface area contributed by atoms with Crippen LogP contribution in [0.1, 0.15) is 44.5 Å². The van der Waals surface area contributed by atoms with Gasteiger partial charge in [0, 0.05) is 48.7 Å². The van der Waals surface area contributed by atoms with Crippen molar-refractivity contribution in [3.8, 4) is 92.5 Å². The van der Waals surface area contributed by atoms with Gasteiger partial charge in [0.1, 0.15) is 34.9 Å². The predicted molar refractivity (Wildman–Crippen MR) is 474 cm³/mol. The third-order valence-electron chi connectivity index (χ3n) is 22.1. The van der Waals surface area contributed by atoms with E-state index in [2.05, 4.69) is 301 Å². The number of rotatable bonds is 7. The van der Waals surface area contributed by atoms with Crippen molar-refractivity contribution in [2.45, 2.75) is 6.42 Å². The molecule has 4 aromatic heterocycles. The van der Waals surface area contributed by atoms with E-state index in [1.54, 1.807) is 6.07 Å². The summed E-state index contributed by atoms with van der Waals surface area (Å²) in [6, 6.07) is 116. The maximum atomic E-state index is 13.8. The first-order valence-electron chi connectivity index (χ1n) is 38.7. The Morgan fingerprint density at radius 2 is 0.496 bits per heavy atom. The monoisotopic (exact) mass is 1710 g/mol. The van der Waals surface area contributed by atoms with Crippen LogP contribution in [0.5, 0.6) is 0 Å². The lowest BCUT2D eigenvalue weighted by Crippen LogP contribution is -2.29. The molecular weight excluding hydrogens is 1650 g/mol. The van der Waals surface area contributed by atoms with E-state index in [1.165, 1.54) is 58.7 Å². The molecular formula is C103H56BBrF8N10O2. The molecule has 0 bridgehead atoms. The van der Waals surface area contributed by atoms with E-state index in [0.717, 1.165) is 152 Å². The van der Waals surface area contributed by atoms with Gasteiger partial charge in [-0.15, -0.1) is 0 Å². The molecule has 0 amide bonds. The van der Waals surface area contributed by atoms with Crippen LogP contribution in [0.3, 0.4) is 0 Å². The normalized spacial score (nSPS) is 11.1. The molecule has 4 heterocycles. The van der Waals surface area contributed by atoms with Gasteiger partial charge in [0.05, 0.1) is 112 Å². The first-order chi connectivity index (χ1) is 60.9. The third-order valence-corrected chi connectivity index (χ3v) is 22.8. The van der Waals surface area contributed by atoms with Crippen molar-refractivity contribution in [2.75, 3.05) is 0 Å². The van der Waals surface area contributed by atoms with Crippen molar-refractivity contribution in [3.63, 3.8) is 0 Å². The molecule has 0 spiro atoms. The fourth-order valence-corrected chi connectivity index (χ4v) is 16.9. The van der Waals surface area contributed by atoms with E-state index in [1.807, 2.05) is 18.2 Å². The number of aromatic nitrogens is 4. The van der Waals surface area contributed by atoms with Gasteiger partial charge in [0.25, 0.3) is 0 Å². The molecule has 0 fully saturated rings. The average Bonchev–Trinajstić information content (AvgIpc) is 1.56. The van der Waals surface area contributed by atoms with Crippen LogP contribution in [0.4, 0.5) is 35.1 Å². The lowest BCUT2D eigenvalue weighted by atomic mass is 9.80. The van der Waals surface area contributed by atoms with Crippen molar-refractivity contribution < 1.29 is 45.2 Å². The van der Waals surface area contributed by atoms with Crippen molar-refractivity contribution in [3.05, 3.63) is 411 Å². The number of hydrogen-bond donors (Lipinski definition) is 2. The minimum atomic E-state index is -1.74. The van der Waals surface area contributed by atoms with Gasteiger partial charge in [0.15, 0.2) is 46.5 Å². The summed E-state index contributed by atoms with van der Waals surface area (Å²) >= 11 is 2.30. The van der Waals surface area contributed by atoms with Crippen LogP contribution in [0.2, 0.25) is 0 Å². The summed E-state index contributed by atoms with van der Waals surface area (Å²) in [7, 11) is -1.46. The molecule has 2 N–H and O–H groups in total. The topological polar surface area (TPSA) is 203 Å². The van der Waals surface area contributed by atoms with Gasteiger partial charge in [-0.3, -0.25) is 0 Å². The van der Waals surface area contributed by atoms with Crippen molar-refractivity contribution >= 4 is 116 Å². The third kappa shape index (κ3) is 14.1. The number of halogens is 9. The van der Waals surface area contributed by atoms with Gasteiger partial charge in [-0.05, 0) is 146 Å². The first kappa shape index (κ1) is 81.0. The van der Waals surface area contributed by atoms with Crippen LogP contribution in [0.25, 0.3) is 143 Å². The fourth-order valence-electron chi connectivity index (χ4n) is 16.5. The predicted octanol–water partition coefficient (Wildman–Crippen LogP) is 24.5. The summed E-state index contributed by atoms with van der Waals surface area (Å²) in [6.07, 6.45) is 1.10. The Morgan fingerprint density at radius 1 is 0.256 bits per heavy atom. The second-order valence-corrected chi connectivity index (χ2v) is 29.7. The van der Waals surface area contributed by atoms with E-state index in [-0.39, 0.29) is 11.1 Å². The zero-order valence-electron chi connectivity index (χ0n) is 65.1. The molecule has 596 valence electrons. The molecule has 0 aliphatic heterocycles. The Morgan fingerprint density at radius 3 is 0.768 bits per heavy atom. The minimum Gasteiger partial charge on any atom is -0.423 e. The standard InChI is InChI=1S/C62H36N6.C14H4F4N2.C13H10.C7H6BNO2.C7BrF4N/c63-37-39-33-35-40(36-34-39)58-61(67-54-29-13-5-21-45(54)46-22-6-14-30-55(46)67)59(65-50-25-9-1-17-41(50)42-18-2-10-26-51(42)65)49(38-64)60(66-52-27-11-3-19-43(52)44-20-4-12-28-53(44)66)62(58)68-56-31-15-7-23-47(56)48-24-8-16-32-57(48)68;15-11-9(6-20)12(16)14(18)10(13(11)17)8-3-1-7(5-19)2-4-8;1-3-7-12-10(5-1)9-11-6-2-4-8-13(11)12;9-5-6-1-3-7(4-2-6)8(10)11;8-3-6(11)4(9)2(1-13)5(10)7(3)12/h1-36H;1-4H;1-8H,9H2;1-4,10-11H;. The molecule has 12 nitrogen and oxygen atoms in total. The number of nitrogens with zero attached hydrogens (tertiary/aromatic N) is 10. The summed E-state index contributed by atoms with van der Waals surface area (Å²) in [6.45, 7) is 0. The summed E-state index contributed by atoms with van der Waals surface area (Å²) < 4.78 is 114. The van der Waals surface area contributed by atoms with Crippen LogP contribution >= 0.6 is 15.9 Å². The maximum absolute atomic E-state index is 13.8. The Bertz CT molecular complexity index is 7510. The van der Waals surface area contributed by atoms with Gasteiger partial charge in [0.2, 0.25) is 0 Å². The Labute approximate surface area is 716 Å². The molecule has 16 aromatic carbocycles. The lowest BCUT2D eigenvalue weighted by molar-refractivity contribution is 0.425. The van der Waals surface area contributed by atoms with E-state index in [4.69, 9.17) is 31.1 Å². The maximum Gasteiger partial charge on any atom is 0.488 e. The summed E-state index contributed by atoms with van der Waals surface area (Å²) in [5.41, 5.74) is 17.3. The second-order valence-electron chi connectivity index (χ2n) is 28.9. The quantitative estimate of drug-likeness (QED) is 0.0678. The van der Waals surface area contributed by atoms with Crippen LogP contribution < -0.4 is 5.46 Å². The van der Waals surface area contributed by atoms with Gasteiger partial charge < -0.3 is 28.3 Å². The molecule has 0 unspecified atom stereocenters. The average molecular weight is 1710 g/mol. The zero-order valence-corrected chi connectivity index (χ0v) is 66.7. The molecule has 22 heteroatoms. The lowest BCUT2D eigenvalue weighted by Gasteiger charge is -2.29. The van der Waals surface area contributed by atoms with Crippen LogP contribution in [0.15, 0.2) is 320 Å². The van der Waals surface area contributed by atoms with E-state index in [0.29, 0.717) is 22.2 Å². The Kier molecular flexibility index (Phi) is 22.0. The second kappa shape index (κ2) is 34.0. The van der Waals surface area contributed by atoms with E-state index >= 15 is 0 Å². The fraction of sp³-hybridized carbons (Fsp3) is 0.00971. The van der Waals surface area contributed by atoms with Crippen molar-refractivity contribution in [1.29, 1.82) is 31.6 Å². The smallest absolute Gasteiger partial charge is 0.423 e. The van der Waals surface area contributed by atoms with Gasteiger partial charge in [-0.1, -0.05) is 231 Å². The highest BCUT2D eigenvalue weighted by atomic mass is 79.9. The number of nitriles is 6. The molecule has 0 saturated heterocycles. The van der Waals surface area contributed by atoms with Gasteiger partial charge >= 0.3 is 7.12 Å². The highest BCUT2D eigenvalue weighted by molar-refractivity contribution is 9.10. The van der Waals surface area contributed by atoms with E-state index in [9.17, 15) is 45.6 Å². The van der Waals surface area contributed by atoms with Crippen LogP contribution in [-0.4, -0.2) is 35.4 Å². The number of fused-ring (bicyclic) bond motifs is 15. The molecule has 21 rings (SSSR count). The molecule has 125 heavy (non-hydrogen) atoms. The number of hydrogen-bond acceptors (Lipinski definition) is 8. The first-order valence-corrected chi connectivity index (χ1v) is 39.5.